The van der Waals surface area contributed by atoms with Gasteiger partial charge in [0.25, 0.3) is 0 Å². The van der Waals surface area contributed by atoms with Gasteiger partial charge in [-0.25, -0.2) is 13.1 Å². The third-order valence-electron chi connectivity index (χ3n) is 2.36. The van der Waals surface area contributed by atoms with Gasteiger partial charge in [-0.2, -0.15) is 0 Å². The summed E-state index contributed by atoms with van der Waals surface area (Å²) in [5.41, 5.74) is 0.483. The van der Waals surface area contributed by atoms with Crippen molar-refractivity contribution in [3.05, 3.63) is 24.3 Å². The molecule has 1 aromatic carbocycles. The number of benzene rings is 1. The molecule has 0 radical (unpaired) electrons. The van der Waals surface area contributed by atoms with Crippen LogP contribution in [-0.2, 0) is 14.8 Å². The fourth-order valence-corrected chi connectivity index (χ4v) is 2.78. The van der Waals surface area contributed by atoms with E-state index in [1.807, 2.05) is 0 Å². The second-order valence-electron chi connectivity index (χ2n) is 4.10. The Morgan fingerprint density at radius 2 is 2.06 bits per heavy atom. The molecule has 1 amide bonds. The van der Waals surface area contributed by atoms with Crippen LogP contribution in [0.4, 0.5) is 5.69 Å². The van der Waals surface area contributed by atoms with Gasteiger partial charge in [0.05, 0.1) is 4.90 Å². The average Bonchev–Trinajstić information content (AvgIpc) is 3.00. The van der Waals surface area contributed by atoms with Crippen LogP contribution in [0.25, 0.3) is 0 Å². The molecule has 0 spiro atoms. The Labute approximate surface area is 100 Å². The van der Waals surface area contributed by atoms with E-state index < -0.39 is 10.0 Å². The SMILES string of the molecule is CC(=O)Nc1cccc(S(=O)(=O)NC2CC2)c1. The van der Waals surface area contributed by atoms with Gasteiger partial charge in [-0.3, -0.25) is 4.79 Å². The van der Waals surface area contributed by atoms with Crippen molar-refractivity contribution >= 4 is 21.6 Å². The van der Waals surface area contributed by atoms with Gasteiger partial charge < -0.3 is 5.32 Å². The number of amides is 1. The minimum atomic E-state index is -3.46. The van der Waals surface area contributed by atoms with Gasteiger partial charge in [-0.1, -0.05) is 6.07 Å². The molecule has 0 aliphatic heterocycles. The Bertz CT molecular complexity index is 535. The van der Waals surface area contributed by atoms with Gasteiger partial charge in [-0.05, 0) is 31.0 Å². The Balaban J connectivity index is 2.22. The molecule has 1 aliphatic rings. The van der Waals surface area contributed by atoms with E-state index in [1.54, 1.807) is 12.1 Å². The number of anilines is 1. The molecular formula is C11H14N2O3S. The van der Waals surface area contributed by atoms with E-state index in [0.29, 0.717) is 5.69 Å². The van der Waals surface area contributed by atoms with Crippen molar-refractivity contribution < 1.29 is 13.2 Å². The lowest BCUT2D eigenvalue weighted by atomic mass is 10.3. The zero-order chi connectivity index (χ0) is 12.5. The highest BCUT2D eigenvalue weighted by Gasteiger charge is 2.27. The number of hydrogen-bond acceptors (Lipinski definition) is 3. The smallest absolute Gasteiger partial charge is 0.240 e. The topological polar surface area (TPSA) is 75.3 Å². The maximum Gasteiger partial charge on any atom is 0.240 e. The van der Waals surface area contributed by atoms with Gasteiger partial charge in [0.15, 0.2) is 0 Å². The first kappa shape index (κ1) is 12.1. The number of hydrogen-bond donors (Lipinski definition) is 2. The highest BCUT2D eigenvalue weighted by Crippen LogP contribution is 2.23. The Morgan fingerprint density at radius 3 is 2.65 bits per heavy atom. The zero-order valence-corrected chi connectivity index (χ0v) is 10.3. The molecule has 1 saturated carbocycles. The Hall–Kier alpha value is -1.40. The van der Waals surface area contributed by atoms with Crippen LogP contribution in [0.2, 0.25) is 0 Å². The molecule has 0 unspecified atom stereocenters. The maximum absolute atomic E-state index is 11.9. The Kier molecular flexibility index (Phi) is 3.17. The molecule has 2 rings (SSSR count). The molecule has 0 aromatic heterocycles. The molecule has 92 valence electrons. The summed E-state index contributed by atoms with van der Waals surface area (Å²) in [5.74, 6) is -0.227. The first-order chi connectivity index (χ1) is 7.97. The highest BCUT2D eigenvalue weighted by atomic mass is 32.2. The van der Waals surface area contributed by atoms with Crippen molar-refractivity contribution in [2.24, 2.45) is 0 Å². The number of carbonyl (C=O) groups excluding carboxylic acids is 1. The van der Waals surface area contributed by atoms with Crippen molar-refractivity contribution in [3.8, 4) is 0 Å². The van der Waals surface area contributed by atoms with Crippen LogP contribution < -0.4 is 10.0 Å². The number of sulfonamides is 1. The summed E-state index contributed by atoms with van der Waals surface area (Å²) in [7, 11) is -3.46. The molecule has 6 heteroatoms. The molecule has 1 aromatic rings. The van der Waals surface area contributed by atoms with E-state index in [2.05, 4.69) is 10.0 Å². The molecule has 0 atom stereocenters. The van der Waals surface area contributed by atoms with Crippen LogP contribution in [0.15, 0.2) is 29.2 Å². The molecule has 17 heavy (non-hydrogen) atoms. The fourth-order valence-electron chi connectivity index (χ4n) is 1.43. The fraction of sp³-hybridized carbons (Fsp3) is 0.364. The van der Waals surface area contributed by atoms with Crippen LogP contribution in [0, 0.1) is 0 Å². The molecular weight excluding hydrogens is 240 g/mol. The van der Waals surface area contributed by atoms with E-state index in [9.17, 15) is 13.2 Å². The summed E-state index contributed by atoms with van der Waals surface area (Å²) in [5, 5.41) is 2.56. The van der Waals surface area contributed by atoms with E-state index in [0.717, 1.165) is 12.8 Å². The molecule has 5 nitrogen and oxygen atoms in total. The normalized spacial score (nSPS) is 15.6. The predicted octanol–water partition coefficient (Wildman–Crippen LogP) is 1.09. The van der Waals surface area contributed by atoms with Gasteiger partial charge in [-0.15, -0.1) is 0 Å². The predicted molar refractivity (Wildman–Crippen MR) is 64.1 cm³/mol. The number of carbonyl (C=O) groups is 1. The maximum atomic E-state index is 11.9. The molecule has 0 heterocycles. The number of nitrogens with one attached hydrogen (secondary N) is 2. The molecule has 2 N–H and O–H groups in total. The van der Waals surface area contributed by atoms with Gasteiger partial charge in [0.2, 0.25) is 15.9 Å². The molecule has 0 bridgehead atoms. The van der Waals surface area contributed by atoms with Gasteiger partial charge in [0.1, 0.15) is 0 Å². The largest absolute Gasteiger partial charge is 0.326 e. The van der Waals surface area contributed by atoms with Gasteiger partial charge in [0, 0.05) is 18.7 Å². The molecule has 1 aliphatic carbocycles. The standard InChI is InChI=1S/C11H14N2O3S/c1-8(14)12-10-3-2-4-11(7-10)17(15,16)13-9-5-6-9/h2-4,7,9,13H,5-6H2,1H3,(H,12,14). The summed E-state index contributed by atoms with van der Waals surface area (Å²) < 4.78 is 26.4. The third kappa shape index (κ3) is 3.28. The monoisotopic (exact) mass is 254 g/mol. The minimum Gasteiger partial charge on any atom is -0.326 e. The van der Waals surface area contributed by atoms with E-state index in [1.165, 1.54) is 19.1 Å². The van der Waals surface area contributed by atoms with Crippen molar-refractivity contribution in [2.45, 2.75) is 30.7 Å². The molecule has 1 fully saturated rings. The highest BCUT2D eigenvalue weighted by molar-refractivity contribution is 7.89. The lowest BCUT2D eigenvalue weighted by Gasteiger charge is -2.07. The van der Waals surface area contributed by atoms with Crippen molar-refractivity contribution in [3.63, 3.8) is 0 Å². The third-order valence-corrected chi connectivity index (χ3v) is 3.88. The summed E-state index contributed by atoms with van der Waals surface area (Å²) >= 11 is 0. The van der Waals surface area contributed by atoms with E-state index in [-0.39, 0.29) is 16.8 Å². The molecule has 0 saturated heterocycles. The lowest BCUT2D eigenvalue weighted by Crippen LogP contribution is -2.25. The quantitative estimate of drug-likeness (QED) is 0.844. The summed E-state index contributed by atoms with van der Waals surface area (Å²) in [6.07, 6.45) is 1.79. The summed E-state index contributed by atoms with van der Waals surface area (Å²) in [6.45, 7) is 1.38. The number of rotatable bonds is 4. The van der Waals surface area contributed by atoms with E-state index in [4.69, 9.17) is 0 Å². The Morgan fingerprint density at radius 1 is 1.35 bits per heavy atom. The van der Waals surface area contributed by atoms with Crippen LogP contribution >= 0.6 is 0 Å². The first-order valence-electron chi connectivity index (χ1n) is 5.37. The summed E-state index contributed by atoms with van der Waals surface area (Å²) in [4.78, 5) is 11.1. The lowest BCUT2D eigenvalue weighted by molar-refractivity contribution is -0.114. The summed E-state index contributed by atoms with van der Waals surface area (Å²) in [6, 6.07) is 6.29. The van der Waals surface area contributed by atoms with Crippen molar-refractivity contribution in [1.82, 2.24) is 4.72 Å². The van der Waals surface area contributed by atoms with Crippen LogP contribution in [-0.4, -0.2) is 20.4 Å². The van der Waals surface area contributed by atoms with E-state index >= 15 is 0 Å². The minimum absolute atomic E-state index is 0.0735. The second kappa shape index (κ2) is 4.46. The van der Waals surface area contributed by atoms with Crippen LogP contribution in [0.1, 0.15) is 19.8 Å². The zero-order valence-electron chi connectivity index (χ0n) is 9.43. The van der Waals surface area contributed by atoms with Crippen molar-refractivity contribution in [2.75, 3.05) is 5.32 Å². The average molecular weight is 254 g/mol. The van der Waals surface area contributed by atoms with Crippen LogP contribution in [0.5, 0.6) is 0 Å². The first-order valence-corrected chi connectivity index (χ1v) is 6.86. The van der Waals surface area contributed by atoms with Crippen LogP contribution in [0.3, 0.4) is 0 Å². The second-order valence-corrected chi connectivity index (χ2v) is 5.82. The van der Waals surface area contributed by atoms with Crippen molar-refractivity contribution in [1.29, 1.82) is 0 Å². The van der Waals surface area contributed by atoms with Gasteiger partial charge >= 0.3 is 0 Å².